The Labute approximate surface area is 119 Å². The number of benzene rings is 2. The minimum Gasteiger partial charge on any atom is -0.320 e. The van der Waals surface area contributed by atoms with Gasteiger partial charge in [-0.15, -0.1) is 0 Å². The van der Waals surface area contributed by atoms with E-state index in [2.05, 4.69) is 4.98 Å². The monoisotopic (exact) mass is 286 g/mol. The van der Waals surface area contributed by atoms with Crippen molar-refractivity contribution in [1.29, 1.82) is 0 Å². The summed E-state index contributed by atoms with van der Waals surface area (Å²) in [5.74, 6) is -2.28. The molecule has 3 nitrogen and oxygen atoms in total. The van der Waals surface area contributed by atoms with Crippen LogP contribution in [0.4, 0.5) is 8.78 Å². The smallest absolute Gasteiger partial charge is 0.185 e. The van der Waals surface area contributed by atoms with E-state index in [0.29, 0.717) is 0 Å². The molecule has 0 aliphatic heterocycles. The van der Waals surface area contributed by atoms with E-state index in [9.17, 15) is 13.6 Å². The van der Waals surface area contributed by atoms with Gasteiger partial charge in [-0.3, -0.25) is 4.79 Å². The number of halogens is 2. The summed E-state index contributed by atoms with van der Waals surface area (Å²) in [7, 11) is 0. The van der Waals surface area contributed by atoms with Crippen LogP contribution in [-0.2, 0) is 0 Å². The molecule has 0 N–H and O–H groups in total. The van der Waals surface area contributed by atoms with Gasteiger partial charge in [0.1, 0.15) is 0 Å². The SMILES string of the molecule is CC(C(=O)c1ccc(F)c(F)c1)n1cnc2ccccc21. The minimum atomic E-state index is -1.02. The van der Waals surface area contributed by atoms with Gasteiger partial charge in [0, 0.05) is 5.56 Å². The molecule has 0 spiro atoms. The molecule has 1 unspecified atom stereocenters. The first-order chi connectivity index (χ1) is 10.1. The molecule has 5 heteroatoms. The zero-order valence-corrected chi connectivity index (χ0v) is 11.3. The maximum atomic E-state index is 13.3. The molecule has 0 amide bonds. The summed E-state index contributed by atoms with van der Waals surface area (Å²) >= 11 is 0. The number of Topliss-reactive ketones (excluding diaryl/α,β-unsaturated/α-hetero) is 1. The third-order valence-electron chi connectivity index (χ3n) is 3.48. The van der Waals surface area contributed by atoms with Crippen molar-refractivity contribution >= 4 is 16.8 Å². The van der Waals surface area contributed by atoms with Crippen molar-refractivity contribution in [2.45, 2.75) is 13.0 Å². The van der Waals surface area contributed by atoms with Crippen LogP contribution in [0, 0.1) is 11.6 Å². The number of aromatic nitrogens is 2. The predicted octanol–water partition coefficient (Wildman–Crippen LogP) is 3.76. The van der Waals surface area contributed by atoms with Crippen molar-refractivity contribution in [3.8, 4) is 0 Å². The number of hydrogen-bond acceptors (Lipinski definition) is 2. The van der Waals surface area contributed by atoms with Gasteiger partial charge in [0.05, 0.1) is 23.4 Å². The highest BCUT2D eigenvalue weighted by atomic mass is 19.2. The molecule has 3 rings (SSSR count). The van der Waals surface area contributed by atoms with E-state index >= 15 is 0 Å². The molecule has 1 atom stereocenters. The average molecular weight is 286 g/mol. The van der Waals surface area contributed by atoms with Crippen molar-refractivity contribution < 1.29 is 13.6 Å². The Morgan fingerprint density at radius 2 is 1.90 bits per heavy atom. The van der Waals surface area contributed by atoms with Gasteiger partial charge in [0.25, 0.3) is 0 Å². The van der Waals surface area contributed by atoms with Crippen molar-refractivity contribution in [2.75, 3.05) is 0 Å². The fourth-order valence-corrected chi connectivity index (χ4v) is 2.30. The molecule has 0 aliphatic rings. The molecule has 0 bridgehead atoms. The first kappa shape index (κ1) is 13.4. The maximum Gasteiger partial charge on any atom is 0.185 e. The van der Waals surface area contributed by atoms with Crippen LogP contribution >= 0.6 is 0 Å². The Hall–Kier alpha value is -2.56. The molecular formula is C16H12F2N2O. The van der Waals surface area contributed by atoms with Crippen LogP contribution in [0.25, 0.3) is 11.0 Å². The second-order valence-corrected chi connectivity index (χ2v) is 4.81. The van der Waals surface area contributed by atoms with Crippen molar-refractivity contribution in [2.24, 2.45) is 0 Å². The molecule has 1 heterocycles. The fourth-order valence-electron chi connectivity index (χ4n) is 2.30. The van der Waals surface area contributed by atoms with E-state index in [1.807, 2.05) is 24.3 Å². The number of ketones is 1. The normalized spacial score (nSPS) is 12.5. The Morgan fingerprint density at radius 3 is 2.67 bits per heavy atom. The molecule has 3 aromatic rings. The van der Waals surface area contributed by atoms with Gasteiger partial charge in [-0.05, 0) is 37.3 Å². The molecule has 106 valence electrons. The molecule has 1 aromatic heterocycles. The van der Waals surface area contributed by atoms with Crippen LogP contribution in [0.2, 0.25) is 0 Å². The van der Waals surface area contributed by atoms with E-state index in [-0.39, 0.29) is 11.3 Å². The lowest BCUT2D eigenvalue weighted by Crippen LogP contribution is -2.16. The summed E-state index contributed by atoms with van der Waals surface area (Å²) in [6.45, 7) is 1.71. The Kier molecular flexibility index (Phi) is 3.25. The van der Waals surface area contributed by atoms with E-state index < -0.39 is 17.7 Å². The van der Waals surface area contributed by atoms with Gasteiger partial charge in [-0.25, -0.2) is 13.8 Å². The van der Waals surface area contributed by atoms with Gasteiger partial charge in [0.15, 0.2) is 17.4 Å². The average Bonchev–Trinajstić information content (AvgIpc) is 2.92. The molecule has 0 saturated carbocycles. The van der Waals surface area contributed by atoms with Crippen LogP contribution in [0.1, 0.15) is 23.3 Å². The summed E-state index contributed by atoms with van der Waals surface area (Å²) in [4.78, 5) is 16.6. The zero-order chi connectivity index (χ0) is 15.0. The standard InChI is InChI=1S/C16H12F2N2O/c1-10(16(21)11-6-7-12(17)13(18)8-11)20-9-19-14-4-2-3-5-15(14)20/h2-10H,1H3. The largest absolute Gasteiger partial charge is 0.320 e. The van der Waals surface area contributed by atoms with Crippen LogP contribution < -0.4 is 0 Å². The summed E-state index contributed by atoms with van der Waals surface area (Å²) < 4.78 is 27.9. The molecule has 0 aliphatic carbocycles. The summed E-state index contributed by atoms with van der Waals surface area (Å²) in [6, 6.07) is 10.0. The summed E-state index contributed by atoms with van der Waals surface area (Å²) in [5, 5.41) is 0. The Balaban J connectivity index is 1.99. The first-order valence-corrected chi connectivity index (χ1v) is 6.49. The highest BCUT2D eigenvalue weighted by Gasteiger charge is 2.20. The van der Waals surface area contributed by atoms with Crippen LogP contribution in [0.5, 0.6) is 0 Å². The van der Waals surface area contributed by atoms with Crippen LogP contribution in [0.15, 0.2) is 48.8 Å². The zero-order valence-electron chi connectivity index (χ0n) is 11.3. The van der Waals surface area contributed by atoms with Gasteiger partial charge in [0.2, 0.25) is 0 Å². The lowest BCUT2D eigenvalue weighted by Gasteiger charge is -2.13. The van der Waals surface area contributed by atoms with Gasteiger partial charge >= 0.3 is 0 Å². The number of rotatable bonds is 3. The van der Waals surface area contributed by atoms with Gasteiger partial charge in [-0.2, -0.15) is 0 Å². The number of carbonyl (C=O) groups is 1. The molecule has 21 heavy (non-hydrogen) atoms. The van der Waals surface area contributed by atoms with E-state index in [1.54, 1.807) is 17.8 Å². The number of para-hydroxylation sites is 2. The topological polar surface area (TPSA) is 34.9 Å². The molecule has 0 fully saturated rings. The number of carbonyl (C=O) groups excluding carboxylic acids is 1. The van der Waals surface area contributed by atoms with Gasteiger partial charge < -0.3 is 4.57 Å². The Morgan fingerprint density at radius 1 is 1.14 bits per heavy atom. The Bertz CT molecular complexity index is 826. The highest BCUT2D eigenvalue weighted by Crippen LogP contribution is 2.21. The predicted molar refractivity (Wildman–Crippen MR) is 75.1 cm³/mol. The number of hydrogen-bond donors (Lipinski definition) is 0. The number of imidazole rings is 1. The van der Waals surface area contributed by atoms with E-state index in [0.717, 1.165) is 23.2 Å². The van der Waals surface area contributed by atoms with Crippen molar-refractivity contribution in [1.82, 2.24) is 9.55 Å². The molecule has 2 aromatic carbocycles. The lowest BCUT2D eigenvalue weighted by atomic mass is 10.0. The quantitative estimate of drug-likeness (QED) is 0.687. The number of nitrogens with zero attached hydrogens (tertiary/aromatic N) is 2. The highest BCUT2D eigenvalue weighted by molar-refractivity contribution is 5.99. The third kappa shape index (κ3) is 2.31. The second kappa shape index (κ2) is 5.09. The van der Waals surface area contributed by atoms with E-state index in [4.69, 9.17) is 0 Å². The van der Waals surface area contributed by atoms with Gasteiger partial charge in [-0.1, -0.05) is 12.1 Å². The molecular weight excluding hydrogens is 274 g/mol. The molecule has 0 saturated heterocycles. The van der Waals surface area contributed by atoms with Crippen molar-refractivity contribution in [3.05, 3.63) is 66.0 Å². The number of fused-ring (bicyclic) bond motifs is 1. The van der Waals surface area contributed by atoms with Crippen LogP contribution in [-0.4, -0.2) is 15.3 Å². The fraction of sp³-hybridized carbons (Fsp3) is 0.125. The lowest BCUT2D eigenvalue weighted by molar-refractivity contribution is 0.0936. The molecule has 0 radical (unpaired) electrons. The van der Waals surface area contributed by atoms with Crippen molar-refractivity contribution in [3.63, 3.8) is 0 Å². The van der Waals surface area contributed by atoms with E-state index in [1.165, 1.54) is 6.07 Å². The van der Waals surface area contributed by atoms with Crippen LogP contribution in [0.3, 0.4) is 0 Å². The summed E-state index contributed by atoms with van der Waals surface area (Å²) in [6.07, 6.45) is 1.58. The minimum absolute atomic E-state index is 0.138. The second-order valence-electron chi connectivity index (χ2n) is 4.81. The first-order valence-electron chi connectivity index (χ1n) is 6.49. The maximum absolute atomic E-state index is 13.3. The third-order valence-corrected chi connectivity index (χ3v) is 3.48. The summed E-state index contributed by atoms with van der Waals surface area (Å²) in [5.41, 5.74) is 1.74.